The van der Waals surface area contributed by atoms with Crippen LogP contribution in [-0.4, -0.2) is 65.7 Å². The van der Waals surface area contributed by atoms with Crippen molar-refractivity contribution in [2.75, 3.05) is 37.7 Å². The van der Waals surface area contributed by atoms with E-state index in [1.807, 2.05) is 11.8 Å². The van der Waals surface area contributed by atoms with E-state index in [-0.39, 0.29) is 5.92 Å². The Morgan fingerprint density at radius 2 is 1.95 bits per heavy atom. The fourth-order valence-electron chi connectivity index (χ4n) is 1.86. The zero-order valence-electron chi connectivity index (χ0n) is 11.5. The number of hydrogen-bond donors (Lipinski definition) is 3. The first kappa shape index (κ1) is 16.1. The predicted molar refractivity (Wildman–Crippen MR) is 76.6 cm³/mol. The molecule has 2 amide bonds. The summed E-state index contributed by atoms with van der Waals surface area (Å²) in [6.45, 7) is 7.00. The van der Waals surface area contributed by atoms with Gasteiger partial charge in [-0.25, -0.2) is 9.59 Å². The number of carboxylic acids is 1. The van der Waals surface area contributed by atoms with Crippen LogP contribution in [-0.2, 0) is 4.79 Å². The van der Waals surface area contributed by atoms with Crippen LogP contribution in [0.4, 0.5) is 4.79 Å². The number of nitrogens with zero attached hydrogens (tertiary/aromatic N) is 1. The number of thioether (sulfide) groups is 1. The van der Waals surface area contributed by atoms with Crippen molar-refractivity contribution in [2.24, 2.45) is 5.92 Å². The van der Waals surface area contributed by atoms with Crippen LogP contribution in [0, 0.1) is 5.92 Å². The maximum absolute atomic E-state index is 11.6. The molecule has 6 nitrogen and oxygen atoms in total. The van der Waals surface area contributed by atoms with Gasteiger partial charge in [-0.3, -0.25) is 4.90 Å². The molecule has 1 aliphatic rings. The van der Waals surface area contributed by atoms with E-state index in [0.717, 1.165) is 31.1 Å². The van der Waals surface area contributed by atoms with Gasteiger partial charge >= 0.3 is 12.0 Å². The van der Waals surface area contributed by atoms with E-state index >= 15 is 0 Å². The van der Waals surface area contributed by atoms with Gasteiger partial charge < -0.3 is 15.7 Å². The lowest BCUT2D eigenvalue weighted by Gasteiger charge is -2.26. The largest absolute Gasteiger partial charge is 0.480 e. The molecule has 7 heteroatoms. The first-order valence-corrected chi connectivity index (χ1v) is 7.73. The molecular weight excluding hydrogens is 266 g/mol. The molecule has 1 unspecified atom stereocenters. The van der Waals surface area contributed by atoms with E-state index in [9.17, 15) is 9.59 Å². The standard InChI is InChI=1S/C12H23N3O3S/c1-9(2)10(11(16)17)14-12(18)13-3-4-15-5-7-19-8-6-15/h9-10H,3-8H2,1-2H3,(H,16,17)(H2,13,14,18). The molecule has 1 rings (SSSR count). The van der Waals surface area contributed by atoms with E-state index in [0.29, 0.717) is 6.54 Å². The third kappa shape index (κ3) is 6.15. The number of amides is 2. The zero-order valence-corrected chi connectivity index (χ0v) is 12.3. The van der Waals surface area contributed by atoms with E-state index < -0.39 is 18.0 Å². The van der Waals surface area contributed by atoms with Crippen LogP contribution in [0.1, 0.15) is 13.8 Å². The Hall–Kier alpha value is -0.950. The Morgan fingerprint density at radius 3 is 2.47 bits per heavy atom. The first-order valence-electron chi connectivity index (χ1n) is 6.58. The highest BCUT2D eigenvalue weighted by Gasteiger charge is 2.23. The number of hydrogen-bond acceptors (Lipinski definition) is 4. The molecule has 0 radical (unpaired) electrons. The summed E-state index contributed by atoms with van der Waals surface area (Å²) < 4.78 is 0. The van der Waals surface area contributed by atoms with Crippen LogP contribution >= 0.6 is 11.8 Å². The monoisotopic (exact) mass is 289 g/mol. The number of nitrogens with one attached hydrogen (secondary N) is 2. The molecule has 0 aromatic carbocycles. The maximum atomic E-state index is 11.6. The van der Waals surface area contributed by atoms with Gasteiger partial charge in [-0.15, -0.1) is 0 Å². The van der Waals surface area contributed by atoms with E-state index in [2.05, 4.69) is 15.5 Å². The normalized spacial score (nSPS) is 18.1. The Morgan fingerprint density at radius 1 is 1.32 bits per heavy atom. The summed E-state index contributed by atoms with van der Waals surface area (Å²) in [7, 11) is 0. The van der Waals surface area contributed by atoms with Crippen molar-refractivity contribution < 1.29 is 14.7 Å². The molecule has 0 spiro atoms. The second kappa shape index (κ2) is 8.27. The van der Waals surface area contributed by atoms with Crippen molar-refractivity contribution in [1.29, 1.82) is 0 Å². The average molecular weight is 289 g/mol. The molecule has 19 heavy (non-hydrogen) atoms. The van der Waals surface area contributed by atoms with Crippen LogP contribution in [0.2, 0.25) is 0 Å². The van der Waals surface area contributed by atoms with Crippen molar-refractivity contribution in [2.45, 2.75) is 19.9 Å². The average Bonchev–Trinajstić information content (AvgIpc) is 2.36. The highest BCUT2D eigenvalue weighted by atomic mass is 32.2. The Labute approximate surface area is 118 Å². The number of aliphatic carboxylic acids is 1. The molecule has 0 aromatic heterocycles. The van der Waals surface area contributed by atoms with Crippen molar-refractivity contribution in [1.82, 2.24) is 15.5 Å². The third-order valence-corrected chi connectivity index (χ3v) is 3.98. The molecule has 1 atom stereocenters. The highest BCUT2D eigenvalue weighted by molar-refractivity contribution is 7.99. The SMILES string of the molecule is CC(C)C(NC(=O)NCCN1CCSCC1)C(=O)O. The topological polar surface area (TPSA) is 81.7 Å². The molecular formula is C12H23N3O3S. The van der Waals surface area contributed by atoms with Crippen LogP contribution in [0.5, 0.6) is 0 Å². The minimum absolute atomic E-state index is 0.137. The molecule has 0 bridgehead atoms. The molecule has 1 fully saturated rings. The van der Waals surface area contributed by atoms with Gasteiger partial charge in [0.2, 0.25) is 0 Å². The lowest BCUT2D eigenvalue weighted by Crippen LogP contribution is -2.50. The van der Waals surface area contributed by atoms with Crippen molar-refractivity contribution in [3.8, 4) is 0 Å². The molecule has 1 heterocycles. The number of urea groups is 1. The minimum Gasteiger partial charge on any atom is -0.480 e. The predicted octanol–water partition coefficient (Wildman–Crippen LogP) is 0.444. The van der Waals surface area contributed by atoms with Gasteiger partial charge in [0.15, 0.2) is 0 Å². The summed E-state index contributed by atoms with van der Waals surface area (Å²) in [5.41, 5.74) is 0. The van der Waals surface area contributed by atoms with Gasteiger partial charge in [0, 0.05) is 37.7 Å². The summed E-state index contributed by atoms with van der Waals surface area (Å²) in [5.74, 6) is 1.14. The van der Waals surface area contributed by atoms with E-state index in [4.69, 9.17) is 5.11 Å². The zero-order chi connectivity index (χ0) is 14.3. The highest BCUT2D eigenvalue weighted by Crippen LogP contribution is 2.07. The fourth-order valence-corrected chi connectivity index (χ4v) is 2.84. The van der Waals surface area contributed by atoms with Crippen LogP contribution in [0.3, 0.4) is 0 Å². The number of carboxylic acid groups (broad SMARTS) is 1. The van der Waals surface area contributed by atoms with Gasteiger partial charge in [0.1, 0.15) is 6.04 Å². The molecule has 1 saturated heterocycles. The molecule has 3 N–H and O–H groups in total. The molecule has 110 valence electrons. The van der Waals surface area contributed by atoms with E-state index in [1.165, 1.54) is 0 Å². The number of rotatable bonds is 6. The fraction of sp³-hybridized carbons (Fsp3) is 0.833. The quantitative estimate of drug-likeness (QED) is 0.661. The Kier molecular flexibility index (Phi) is 7.01. The summed E-state index contributed by atoms with van der Waals surface area (Å²) >= 11 is 1.95. The van der Waals surface area contributed by atoms with Gasteiger partial charge in [-0.05, 0) is 5.92 Å². The lowest BCUT2D eigenvalue weighted by molar-refractivity contribution is -0.140. The molecule has 1 aliphatic heterocycles. The van der Waals surface area contributed by atoms with Crippen LogP contribution in [0.25, 0.3) is 0 Å². The van der Waals surface area contributed by atoms with Crippen molar-refractivity contribution >= 4 is 23.8 Å². The smallest absolute Gasteiger partial charge is 0.326 e. The lowest BCUT2D eigenvalue weighted by atomic mass is 10.1. The molecule has 0 aromatic rings. The van der Waals surface area contributed by atoms with Gasteiger partial charge in [0.25, 0.3) is 0 Å². The molecule has 0 saturated carbocycles. The van der Waals surface area contributed by atoms with Crippen LogP contribution < -0.4 is 10.6 Å². The summed E-state index contributed by atoms with van der Waals surface area (Å²) in [6.07, 6.45) is 0. The summed E-state index contributed by atoms with van der Waals surface area (Å²) in [4.78, 5) is 24.8. The summed E-state index contributed by atoms with van der Waals surface area (Å²) in [6, 6.07) is -1.25. The van der Waals surface area contributed by atoms with E-state index in [1.54, 1.807) is 13.8 Å². The van der Waals surface area contributed by atoms with Crippen molar-refractivity contribution in [3.05, 3.63) is 0 Å². The van der Waals surface area contributed by atoms with Crippen LogP contribution in [0.15, 0.2) is 0 Å². The Balaban J connectivity index is 2.21. The minimum atomic E-state index is -1.00. The number of carbonyl (C=O) groups excluding carboxylic acids is 1. The number of carbonyl (C=O) groups is 2. The second-order valence-electron chi connectivity index (χ2n) is 4.91. The van der Waals surface area contributed by atoms with Gasteiger partial charge in [-0.2, -0.15) is 11.8 Å². The summed E-state index contributed by atoms with van der Waals surface area (Å²) in [5, 5.41) is 14.2. The first-order chi connectivity index (χ1) is 9.00. The second-order valence-corrected chi connectivity index (χ2v) is 6.14. The van der Waals surface area contributed by atoms with Gasteiger partial charge in [0.05, 0.1) is 0 Å². The molecule has 0 aliphatic carbocycles. The maximum Gasteiger partial charge on any atom is 0.326 e. The third-order valence-electron chi connectivity index (χ3n) is 3.04. The van der Waals surface area contributed by atoms with Crippen molar-refractivity contribution in [3.63, 3.8) is 0 Å². The van der Waals surface area contributed by atoms with Gasteiger partial charge in [-0.1, -0.05) is 13.8 Å². The Bertz CT molecular complexity index is 307.